The van der Waals surface area contributed by atoms with Crippen LogP contribution in [0.2, 0.25) is 0 Å². The number of hydrogen-bond acceptors (Lipinski definition) is 4. The minimum absolute atomic E-state index is 0.0132. The van der Waals surface area contributed by atoms with Crippen LogP contribution in [0, 0.1) is 5.92 Å². The van der Waals surface area contributed by atoms with Crippen LogP contribution in [-0.4, -0.2) is 44.3 Å². The van der Waals surface area contributed by atoms with Crippen molar-refractivity contribution in [2.75, 3.05) is 13.1 Å². The first-order chi connectivity index (χ1) is 11.7. The van der Waals surface area contributed by atoms with Gasteiger partial charge in [-0.05, 0) is 18.6 Å². The molecule has 7 nitrogen and oxygen atoms in total. The Labute approximate surface area is 140 Å². The van der Waals surface area contributed by atoms with E-state index in [0.29, 0.717) is 19.6 Å². The Morgan fingerprint density at radius 1 is 1.33 bits per heavy atom. The van der Waals surface area contributed by atoms with Gasteiger partial charge in [0.05, 0.1) is 24.5 Å². The molecule has 0 bridgehead atoms. The highest BCUT2D eigenvalue weighted by molar-refractivity contribution is 5.89. The lowest BCUT2D eigenvalue weighted by Gasteiger charge is -2.16. The van der Waals surface area contributed by atoms with E-state index < -0.39 is 0 Å². The van der Waals surface area contributed by atoms with E-state index >= 15 is 0 Å². The van der Waals surface area contributed by atoms with Crippen molar-refractivity contribution < 1.29 is 9.59 Å². The van der Waals surface area contributed by atoms with E-state index in [4.69, 9.17) is 0 Å². The normalized spacial score (nSPS) is 17.2. The lowest BCUT2D eigenvalue weighted by Crippen LogP contribution is -2.33. The van der Waals surface area contributed by atoms with Gasteiger partial charge < -0.3 is 14.8 Å². The molecule has 0 radical (unpaired) electrons. The van der Waals surface area contributed by atoms with E-state index in [2.05, 4.69) is 15.3 Å². The Balaban J connectivity index is 1.42. The Hall–Kier alpha value is -2.70. The number of rotatable bonds is 7. The number of aryl methyl sites for hydroxylation is 1. The molecule has 2 amide bonds. The smallest absolute Gasteiger partial charge is 0.225 e. The number of hydrogen-bond donors (Lipinski definition) is 1. The van der Waals surface area contributed by atoms with Gasteiger partial charge in [-0.15, -0.1) is 0 Å². The van der Waals surface area contributed by atoms with E-state index in [9.17, 15) is 9.59 Å². The molecule has 1 aliphatic heterocycles. The minimum atomic E-state index is -0.269. The second-order valence-electron chi connectivity index (χ2n) is 5.94. The quantitative estimate of drug-likeness (QED) is 0.764. The zero-order chi connectivity index (χ0) is 16.8. The van der Waals surface area contributed by atoms with Gasteiger partial charge in [-0.25, -0.2) is 4.98 Å². The van der Waals surface area contributed by atoms with Gasteiger partial charge in [0, 0.05) is 44.6 Å². The largest absolute Gasteiger partial charge is 0.356 e. The third-order valence-electron chi connectivity index (χ3n) is 4.12. The fraction of sp³-hybridized carbons (Fsp3) is 0.412. The second-order valence-corrected chi connectivity index (χ2v) is 5.94. The molecular weight excluding hydrogens is 306 g/mol. The average Bonchev–Trinajstić information content (AvgIpc) is 3.23. The summed E-state index contributed by atoms with van der Waals surface area (Å²) < 4.78 is 1.97. The molecule has 7 heteroatoms. The van der Waals surface area contributed by atoms with Crippen LogP contribution < -0.4 is 5.32 Å². The van der Waals surface area contributed by atoms with Crippen molar-refractivity contribution in [2.24, 2.45) is 5.92 Å². The fourth-order valence-electron chi connectivity index (χ4n) is 2.82. The predicted octanol–water partition coefficient (Wildman–Crippen LogP) is 0.833. The van der Waals surface area contributed by atoms with Crippen LogP contribution in [0.4, 0.5) is 0 Å². The van der Waals surface area contributed by atoms with Crippen molar-refractivity contribution in [1.29, 1.82) is 0 Å². The molecule has 2 aromatic rings. The average molecular weight is 327 g/mol. The van der Waals surface area contributed by atoms with Crippen molar-refractivity contribution in [3.05, 3.63) is 48.8 Å². The maximum absolute atomic E-state index is 12.2. The Kier molecular flexibility index (Phi) is 5.20. The zero-order valence-corrected chi connectivity index (χ0v) is 13.5. The maximum atomic E-state index is 12.2. The number of likely N-dealkylation sites (tertiary alicyclic amines) is 1. The summed E-state index contributed by atoms with van der Waals surface area (Å²) in [6.45, 7) is 2.34. The molecule has 1 N–H and O–H groups in total. The van der Waals surface area contributed by atoms with Crippen molar-refractivity contribution >= 4 is 11.8 Å². The molecule has 0 saturated carbocycles. The van der Waals surface area contributed by atoms with E-state index in [1.807, 2.05) is 29.0 Å². The van der Waals surface area contributed by atoms with Gasteiger partial charge in [-0.3, -0.25) is 14.6 Å². The molecule has 1 atom stereocenters. The van der Waals surface area contributed by atoms with E-state index in [1.165, 1.54) is 0 Å². The van der Waals surface area contributed by atoms with Crippen LogP contribution in [0.3, 0.4) is 0 Å². The molecule has 1 saturated heterocycles. The summed E-state index contributed by atoms with van der Waals surface area (Å²) in [5.74, 6) is -0.300. The molecule has 24 heavy (non-hydrogen) atoms. The maximum Gasteiger partial charge on any atom is 0.225 e. The van der Waals surface area contributed by atoms with Crippen LogP contribution in [-0.2, 0) is 22.7 Å². The number of carbonyl (C=O) groups excluding carboxylic acids is 2. The Bertz CT molecular complexity index is 672. The van der Waals surface area contributed by atoms with Crippen LogP contribution in [0.15, 0.2) is 43.1 Å². The van der Waals surface area contributed by atoms with Gasteiger partial charge in [0.15, 0.2) is 0 Å². The number of imidazole rings is 1. The van der Waals surface area contributed by atoms with Gasteiger partial charge in [0.25, 0.3) is 0 Å². The monoisotopic (exact) mass is 327 g/mol. The van der Waals surface area contributed by atoms with Gasteiger partial charge in [-0.2, -0.15) is 0 Å². The highest BCUT2D eigenvalue weighted by Crippen LogP contribution is 2.19. The SMILES string of the molecule is O=C(NCCCn1ccnc1)C1CC(=O)N(Cc2ccccn2)C1. The molecule has 0 spiro atoms. The molecule has 0 aromatic carbocycles. The topological polar surface area (TPSA) is 80.1 Å². The summed E-state index contributed by atoms with van der Waals surface area (Å²) in [6.07, 6.45) is 8.21. The third kappa shape index (κ3) is 4.18. The first-order valence-electron chi connectivity index (χ1n) is 8.13. The summed E-state index contributed by atoms with van der Waals surface area (Å²) in [5, 5.41) is 2.92. The number of nitrogens with one attached hydrogen (secondary N) is 1. The first-order valence-corrected chi connectivity index (χ1v) is 8.13. The summed E-state index contributed by atoms with van der Waals surface area (Å²) in [4.78, 5) is 34.2. The Morgan fingerprint density at radius 2 is 2.25 bits per heavy atom. The molecule has 1 unspecified atom stereocenters. The lowest BCUT2D eigenvalue weighted by atomic mass is 10.1. The number of amides is 2. The van der Waals surface area contributed by atoms with Crippen LogP contribution in [0.5, 0.6) is 0 Å². The summed E-state index contributed by atoms with van der Waals surface area (Å²) in [7, 11) is 0. The van der Waals surface area contributed by atoms with Gasteiger partial charge in [-0.1, -0.05) is 6.07 Å². The fourth-order valence-corrected chi connectivity index (χ4v) is 2.82. The minimum Gasteiger partial charge on any atom is -0.356 e. The summed E-state index contributed by atoms with van der Waals surface area (Å²) in [5.41, 5.74) is 0.840. The first kappa shape index (κ1) is 16.2. The lowest BCUT2D eigenvalue weighted by molar-refractivity contribution is -0.129. The summed E-state index contributed by atoms with van der Waals surface area (Å²) >= 11 is 0. The van der Waals surface area contributed by atoms with E-state index in [1.54, 1.807) is 23.6 Å². The highest BCUT2D eigenvalue weighted by atomic mass is 16.2. The van der Waals surface area contributed by atoms with Gasteiger partial charge in [0.1, 0.15) is 0 Å². The zero-order valence-electron chi connectivity index (χ0n) is 13.5. The summed E-state index contributed by atoms with van der Waals surface area (Å²) in [6, 6.07) is 5.62. The number of aromatic nitrogens is 3. The van der Waals surface area contributed by atoms with Crippen molar-refractivity contribution in [1.82, 2.24) is 24.8 Å². The molecule has 126 valence electrons. The molecule has 3 rings (SSSR count). The van der Waals surface area contributed by atoms with Crippen LogP contribution in [0.1, 0.15) is 18.5 Å². The van der Waals surface area contributed by atoms with Crippen molar-refractivity contribution in [2.45, 2.75) is 25.9 Å². The Morgan fingerprint density at radius 3 is 3.00 bits per heavy atom. The van der Waals surface area contributed by atoms with E-state index in [0.717, 1.165) is 18.7 Å². The second kappa shape index (κ2) is 7.72. The standard InChI is InChI=1S/C17H21N5O2/c23-16-10-14(11-22(16)12-15-4-1-2-5-19-15)17(24)20-6-3-8-21-9-7-18-13-21/h1-2,4-5,7,9,13-14H,3,6,8,10-12H2,(H,20,24). The molecular formula is C17H21N5O2. The highest BCUT2D eigenvalue weighted by Gasteiger charge is 2.34. The van der Waals surface area contributed by atoms with Crippen molar-refractivity contribution in [3.8, 4) is 0 Å². The third-order valence-corrected chi connectivity index (χ3v) is 4.12. The predicted molar refractivity (Wildman–Crippen MR) is 87.6 cm³/mol. The van der Waals surface area contributed by atoms with Gasteiger partial charge in [0.2, 0.25) is 11.8 Å². The van der Waals surface area contributed by atoms with E-state index in [-0.39, 0.29) is 24.2 Å². The molecule has 3 heterocycles. The van der Waals surface area contributed by atoms with Gasteiger partial charge >= 0.3 is 0 Å². The van der Waals surface area contributed by atoms with Crippen molar-refractivity contribution in [3.63, 3.8) is 0 Å². The molecule has 1 fully saturated rings. The molecule has 0 aliphatic carbocycles. The van der Waals surface area contributed by atoms with Crippen LogP contribution >= 0.6 is 0 Å². The number of carbonyl (C=O) groups is 2. The van der Waals surface area contributed by atoms with Crippen LogP contribution in [0.25, 0.3) is 0 Å². The molecule has 2 aromatic heterocycles. The molecule has 1 aliphatic rings. The number of nitrogens with zero attached hydrogens (tertiary/aromatic N) is 4. The number of pyridine rings is 1.